The van der Waals surface area contributed by atoms with E-state index in [9.17, 15) is 18.8 Å². The van der Waals surface area contributed by atoms with Gasteiger partial charge < -0.3 is 9.64 Å². The second-order valence-electron chi connectivity index (χ2n) is 7.36. The molecule has 3 heterocycles. The third-order valence-electron chi connectivity index (χ3n) is 5.18. The summed E-state index contributed by atoms with van der Waals surface area (Å²) in [5.41, 5.74) is 0.990. The number of aryl methyl sites for hydroxylation is 1. The number of ether oxygens (including phenoxy) is 1. The Morgan fingerprint density at radius 3 is 2.70 bits per heavy atom. The van der Waals surface area contributed by atoms with E-state index in [1.807, 2.05) is 11.8 Å². The molecule has 2 unspecified atom stereocenters. The zero-order valence-electron chi connectivity index (χ0n) is 16.7. The maximum absolute atomic E-state index is 14.6. The highest BCUT2D eigenvalue weighted by Crippen LogP contribution is 2.28. The molecule has 1 aromatic carbocycles. The van der Waals surface area contributed by atoms with Crippen LogP contribution >= 0.6 is 0 Å². The van der Waals surface area contributed by atoms with Gasteiger partial charge in [0.05, 0.1) is 24.9 Å². The number of benzene rings is 1. The molecule has 1 fully saturated rings. The second-order valence-corrected chi connectivity index (χ2v) is 7.36. The highest BCUT2D eigenvalue weighted by atomic mass is 19.1. The Balaban J connectivity index is 2.00. The van der Waals surface area contributed by atoms with Gasteiger partial charge >= 0.3 is 0 Å². The average Bonchev–Trinajstić information content (AvgIpc) is 2.71. The van der Waals surface area contributed by atoms with Crippen LogP contribution in [0.15, 0.2) is 29.2 Å². The molecule has 0 N–H and O–H groups in total. The predicted octanol–water partition coefficient (Wildman–Crippen LogP) is 2.77. The molecule has 1 saturated heterocycles. The fourth-order valence-corrected chi connectivity index (χ4v) is 3.55. The quantitative estimate of drug-likeness (QED) is 0.645. The zero-order chi connectivity index (χ0) is 21.6. The summed E-state index contributed by atoms with van der Waals surface area (Å²) in [5, 5.41) is 9.28. The van der Waals surface area contributed by atoms with E-state index in [2.05, 4.69) is 16.0 Å². The fraction of sp³-hybridized carbons (Fsp3) is 0.333. The van der Waals surface area contributed by atoms with E-state index < -0.39 is 17.7 Å². The van der Waals surface area contributed by atoms with E-state index in [1.54, 1.807) is 13.8 Å². The van der Waals surface area contributed by atoms with E-state index in [0.717, 1.165) is 12.1 Å². The summed E-state index contributed by atoms with van der Waals surface area (Å²) in [6.07, 6.45) is 0.641. The average molecular weight is 411 g/mol. The van der Waals surface area contributed by atoms with E-state index in [1.165, 1.54) is 16.7 Å². The Kier molecular flexibility index (Phi) is 4.95. The minimum atomic E-state index is -0.806. The number of fused-ring (bicyclic) bond motifs is 1. The molecule has 154 valence electrons. The SMILES string of the molecule is Cc1nc2c(-c3ccc(F)cc3F)nc(N3CC(C)OC(C#N)C3)cn2c(=O)c1C. The van der Waals surface area contributed by atoms with Gasteiger partial charge in [0.15, 0.2) is 11.8 Å². The minimum Gasteiger partial charge on any atom is -0.357 e. The third kappa shape index (κ3) is 3.39. The summed E-state index contributed by atoms with van der Waals surface area (Å²) in [6.45, 7) is 5.88. The number of nitriles is 1. The van der Waals surface area contributed by atoms with Crippen molar-refractivity contribution in [3.63, 3.8) is 0 Å². The number of aromatic nitrogens is 3. The van der Waals surface area contributed by atoms with Gasteiger partial charge in [0, 0.05) is 29.4 Å². The van der Waals surface area contributed by atoms with Crippen molar-refractivity contribution >= 4 is 11.5 Å². The summed E-state index contributed by atoms with van der Waals surface area (Å²) in [4.78, 5) is 23.8. The van der Waals surface area contributed by atoms with Crippen LogP contribution in [0.25, 0.3) is 16.9 Å². The van der Waals surface area contributed by atoms with Crippen molar-refractivity contribution in [2.24, 2.45) is 0 Å². The molecule has 3 aromatic rings. The Morgan fingerprint density at radius 2 is 2.00 bits per heavy atom. The van der Waals surface area contributed by atoms with Crippen molar-refractivity contribution < 1.29 is 13.5 Å². The van der Waals surface area contributed by atoms with Crippen molar-refractivity contribution in [2.75, 3.05) is 18.0 Å². The van der Waals surface area contributed by atoms with Gasteiger partial charge in [-0.05, 0) is 32.9 Å². The van der Waals surface area contributed by atoms with Gasteiger partial charge in [0.2, 0.25) is 0 Å². The molecule has 0 amide bonds. The van der Waals surface area contributed by atoms with Crippen molar-refractivity contribution in [2.45, 2.75) is 33.0 Å². The first kappa shape index (κ1) is 19.9. The van der Waals surface area contributed by atoms with Gasteiger partial charge in [-0.2, -0.15) is 5.26 Å². The van der Waals surface area contributed by atoms with Gasteiger partial charge in [-0.1, -0.05) is 0 Å². The maximum atomic E-state index is 14.6. The van der Waals surface area contributed by atoms with Crippen molar-refractivity contribution in [1.82, 2.24) is 14.4 Å². The number of hydrogen-bond donors (Lipinski definition) is 0. The summed E-state index contributed by atoms with van der Waals surface area (Å²) < 4.78 is 35.0. The molecule has 4 rings (SSSR count). The molecule has 2 aromatic heterocycles. The maximum Gasteiger partial charge on any atom is 0.261 e. The first-order valence-corrected chi connectivity index (χ1v) is 9.44. The van der Waals surface area contributed by atoms with E-state index in [0.29, 0.717) is 23.6 Å². The number of morpholine rings is 1. The number of halogens is 2. The Bertz CT molecular complexity index is 1250. The highest BCUT2D eigenvalue weighted by Gasteiger charge is 2.27. The standard InChI is InChI=1S/C21H19F2N5O2/c1-11-8-27(9-15(7-24)30-11)18-10-28-20(25-13(3)12(2)21(28)29)19(26-18)16-5-4-14(22)6-17(16)23/h4-6,10-11,15H,8-9H2,1-3H3. The number of hydrogen-bond acceptors (Lipinski definition) is 6. The van der Waals surface area contributed by atoms with Gasteiger partial charge in [0.1, 0.15) is 23.1 Å². The van der Waals surface area contributed by atoms with Gasteiger partial charge in [-0.3, -0.25) is 9.20 Å². The lowest BCUT2D eigenvalue weighted by Gasteiger charge is -2.35. The van der Waals surface area contributed by atoms with Crippen molar-refractivity contribution in [1.29, 1.82) is 5.26 Å². The van der Waals surface area contributed by atoms with Crippen LogP contribution in [0.4, 0.5) is 14.6 Å². The third-order valence-corrected chi connectivity index (χ3v) is 5.18. The molecule has 30 heavy (non-hydrogen) atoms. The molecule has 0 radical (unpaired) electrons. The zero-order valence-corrected chi connectivity index (χ0v) is 16.7. The van der Waals surface area contributed by atoms with Crippen LogP contribution in [0, 0.1) is 36.8 Å². The second kappa shape index (κ2) is 7.46. The first-order valence-electron chi connectivity index (χ1n) is 9.44. The van der Waals surface area contributed by atoms with Crippen LogP contribution in [-0.2, 0) is 4.74 Å². The van der Waals surface area contributed by atoms with Crippen LogP contribution in [-0.4, -0.2) is 39.7 Å². The first-order chi connectivity index (χ1) is 14.3. The summed E-state index contributed by atoms with van der Waals surface area (Å²) in [7, 11) is 0. The van der Waals surface area contributed by atoms with Crippen LogP contribution in [0.5, 0.6) is 0 Å². The molecule has 1 aliphatic rings. The van der Waals surface area contributed by atoms with Gasteiger partial charge in [0.25, 0.3) is 5.56 Å². The molecule has 1 aliphatic heterocycles. The van der Waals surface area contributed by atoms with Crippen molar-refractivity contribution in [3.05, 3.63) is 57.6 Å². The Labute approximate surface area is 171 Å². The van der Waals surface area contributed by atoms with Crippen LogP contribution in [0.1, 0.15) is 18.2 Å². The van der Waals surface area contributed by atoms with E-state index in [-0.39, 0.29) is 35.1 Å². The minimum absolute atomic E-state index is 0.0315. The molecule has 0 bridgehead atoms. The largest absolute Gasteiger partial charge is 0.357 e. The summed E-state index contributed by atoms with van der Waals surface area (Å²) in [5.74, 6) is -1.14. The molecule has 2 atom stereocenters. The number of nitrogens with zero attached hydrogens (tertiary/aromatic N) is 5. The molecule has 9 heteroatoms. The fourth-order valence-electron chi connectivity index (χ4n) is 3.55. The summed E-state index contributed by atoms with van der Waals surface area (Å²) in [6, 6.07) is 5.26. The molecule has 0 spiro atoms. The lowest BCUT2D eigenvalue weighted by Crippen LogP contribution is -2.46. The number of rotatable bonds is 2. The van der Waals surface area contributed by atoms with Gasteiger partial charge in [-0.15, -0.1) is 0 Å². The molecule has 7 nitrogen and oxygen atoms in total. The van der Waals surface area contributed by atoms with E-state index >= 15 is 0 Å². The van der Waals surface area contributed by atoms with Crippen LogP contribution in [0.2, 0.25) is 0 Å². The molecular formula is C21H19F2N5O2. The lowest BCUT2D eigenvalue weighted by atomic mass is 10.1. The van der Waals surface area contributed by atoms with Crippen LogP contribution in [0.3, 0.4) is 0 Å². The highest BCUT2D eigenvalue weighted by molar-refractivity contribution is 5.76. The Hall–Kier alpha value is -3.38. The monoisotopic (exact) mass is 411 g/mol. The van der Waals surface area contributed by atoms with Gasteiger partial charge in [-0.25, -0.2) is 18.7 Å². The topological polar surface area (TPSA) is 83.5 Å². The van der Waals surface area contributed by atoms with E-state index in [4.69, 9.17) is 4.74 Å². The predicted molar refractivity (Wildman–Crippen MR) is 106 cm³/mol. The smallest absolute Gasteiger partial charge is 0.261 e. The Morgan fingerprint density at radius 1 is 1.23 bits per heavy atom. The number of anilines is 1. The van der Waals surface area contributed by atoms with Crippen LogP contribution < -0.4 is 10.5 Å². The normalized spacial score (nSPS) is 19.1. The lowest BCUT2D eigenvalue weighted by molar-refractivity contribution is 0.0140. The molecule has 0 aliphatic carbocycles. The molecular weight excluding hydrogens is 392 g/mol. The summed E-state index contributed by atoms with van der Waals surface area (Å²) >= 11 is 0. The molecule has 0 saturated carbocycles. The van der Waals surface area contributed by atoms with Crippen molar-refractivity contribution in [3.8, 4) is 17.3 Å².